The number of fused-ring (bicyclic) bond motifs is 3. The minimum atomic E-state index is -1.15. The van der Waals surface area contributed by atoms with Crippen molar-refractivity contribution in [3.8, 4) is 5.75 Å². The highest BCUT2D eigenvalue weighted by molar-refractivity contribution is 6.03. The minimum absolute atomic E-state index is 0.101. The number of carbonyl (C=O) groups is 2. The van der Waals surface area contributed by atoms with Gasteiger partial charge in [-0.1, -0.05) is 44.2 Å². The second kappa shape index (κ2) is 9.96. The van der Waals surface area contributed by atoms with Crippen LogP contribution < -0.4 is 10.1 Å². The number of hydrogen-bond acceptors (Lipinski definition) is 3. The van der Waals surface area contributed by atoms with Gasteiger partial charge in [-0.15, -0.1) is 0 Å². The zero-order chi connectivity index (χ0) is 25.3. The molecule has 5 rings (SSSR count). The Morgan fingerprint density at radius 1 is 1.08 bits per heavy atom. The first kappa shape index (κ1) is 24.3. The maximum Gasteiger partial charge on any atom is 0.271 e. The molecule has 1 aliphatic heterocycles. The smallest absolute Gasteiger partial charge is 0.271 e. The lowest BCUT2D eigenvalue weighted by molar-refractivity contribution is -0.134. The van der Waals surface area contributed by atoms with Crippen molar-refractivity contribution < 1.29 is 18.7 Å². The zero-order valence-corrected chi connectivity index (χ0v) is 21.1. The fraction of sp³-hybridized carbons (Fsp3) is 0.448. The van der Waals surface area contributed by atoms with Gasteiger partial charge >= 0.3 is 0 Å². The fourth-order valence-corrected chi connectivity index (χ4v) is 5.66. The Hall–Kier alpha value is -3.35. The second-order valence-corrected chi connectivity index (χ2v) is 10.4. The maximum absolute atomic E-state index is 14.0. The first-order valence-corrected chi connectivity index (χ1v) is 12.9. The highest BCUT2D eigenvalue weighted by Crippen LogP contribution is 2.35. The van der Waals surface area contributed by atoms with Crippen molar-refractivity contribution >= 4 is 22.7 Å². The molecule has 1 atom stereocenters. The van der Waals surface area contributed by atoms with Crippen LogP contribution in [0, 0.1) is 5.82 Å². The Morgan fingerprint density at radius 2 is 1.83 bits per heavy atom. The molecule has 190 valence electrons. The van der Waals surface area contributed by atoms with Crippen LogP contribution in [0.3, 0.4) is 0 Å². The van der Waals surface area contributed by atoms with Gasteiger partial charge in [0.2, 0.25) is 5.91 Å². The highest BCUT2D eigenvalue weighted by atomic mass is 19.1. The van der Waals surface area contributed by atoms with E-state index in [2.05, 4.69) is 5.32 Å². The number of methoxy groups -OCH3 is 1. The molecule has 0 spiro atoms. The number of aromatic nitrogens is 1. The average Bonchev–Trinajstić information content (AvgIpc) is 3.21. The van der Waals surface area contributed by atoms with Gasteiger partial charge in [-0.3, -0.25) is 9.59 Å². The molecule has 1 N–H and O–H groups in total. The van der Waals surface area contributed by atoms with Gasteiger partial charge in [0.15, 0.2) is 0 Å². The molecule has 2 aliphatic rings. The Labute approximate surface area is 211 Å². The lowest BCUT2D eigenvalue weighted by Gasteiger charge is -2.44. The Balaban J connectivity index is 1.54. The maximum atomic E-state index is 14.0. The molecule has 0 bridgehead atoms. The van der Waals surface area contributed by atoms with Crippen LogP contribution in [0.5, 0.6) is 5.75 Å². The van der Waals surface area contributed by atoms with Gasteiger partial charge in [0.25, 0.3) is 5.91 Å². The second-order valence-electron chi connectivity index (χ2n) is 10.4. The van der Waals surface area contributed by atoms with E-state index < -0.39 is 5.54 Å². The third kappa shape index (κ3) is 4.59. The van der Waals surface area contributed by atoms with Crippen molar-refractivity contribution in [3.05, 3.63) is 65.6 Å². The SMILES string of the molecule is COc1ccc2cc3n(c2c1)CC(C)(C(=O)NC1CCCCCCC1)N(Cc1cccc(F)c1)C3=O. The van der Waals surface area contributed by atoms with Gasteiger partial charge in [0.05, 0.1) is 19.2 Å². The lowest BCUT2D eigenvalue weighted by atomic mass is 9.91. The van der Waals surface area contributed by atoms with Crippen LogP contribution >= 0.6 is 0 Å². The summed E-state index contributed by atoms with van der Waals surface area (Å²) in [5.41, 5.74) is 0.881. The number of hydrogen-bond donors (Lipinski definition) is 1. The number of benzene rings is 2. The summed E-state index contributed by atoms with van der Waals surface area (Å²) in [7, 11) is 1.61. The van der Waals surface area contributed by atoms with Gasteiger partial charge in [-0.2, -0.15) is 0 Å². The Kier molecular flexibility index (Phi) is 6.73. The van der Waals surface area contributed by atoms with Crippen LogP contribution in [0.1, 0.15) is 67.9 Å². The normalized spacial score (nSPS) is 21.1. The van der Waals surface area contributed by atoms with E-state index in [1.54, 1.807) is 24.1 Å². The number of nitrogens with one attached hydrogen (secondary N) is 1. The van der Waals surface area contributed by atoms with Crippen LogP contribution in [0.2, 0.25) is 0 Å². The number of amides is 2. The monoisotopic (exact) mass is 491 g/mol. The van der Waals surface area contributed by atoms with E-state index in [9.17, 15) is 14.0 Å². The van der Waals surface area contributed by atoms with E-state index in [1.165, 1.54) is 31.4 Å². The van der Waals surface area contributed by atoms with Crippen LogP contribution in [-0.2, 0) is 17.9 Å². The summed E-state index contributed by atoms with van der Waals surface area (Å²) < 4.78 is 21.4. The van der Waals surface area contributed by atoms with Gasteiger partial charge < -0.3 is 19.5 Å². The molecule has 2 aromatic carbocycles. The first-order chi connectivity index (χ1) is 17.4. The molecule has 36 heavy (non-hydrogen) atoms. The summed E-state index contributed by atoms with van der Waals surface area (Å²) in [6, 6.07) is 13.9. The topological polar surface area (TPSA) is 63.6 Å². The van der Waals surface area contributed by atoms with Gasteiger partial charge in [0.1, 0.15) is 22.8 Å². The van der Waals surface area contributed by atoms with Gasteiger partial charge in [0, 0.05) is 24.0 Å². The van der Waals surface area contributed by atoms with Crippen molar-refractivity contribution in [2.75, 3.05) is 7.11 Å². The summed E-state index contributed by atoms with van der Waals surface area (Å²) in [4.78, 5) is 29.5. The molecule has 2 amide bonds. The molecule has 1 unspecified atom stereocenters. The van der Waals surface area contributed by atoms with E-state index in [-0.39, 0.29) is 30.2 Å². The molecule has 2 heterocycles. The molecule has 6 nitrogen and oxygen atoms in total. The summed E-state index contributed by atoms with van der Waals surface area (Å²) in [6.07, 6.45) is 7.73. The standard InChI is InChI=1S/C29H34FN3O3/c1-29(28(35)31-23-11-6-4-3-5-7-12-23)19-32-25-17-24(36-2)14-13-21(25)16-26(32)27(34)33(29)18-20-9-8-10-22(30)15-20/h8-10,13-17,23H,3-7,11-12,18-19H2,1-2H3,(H,31,35). The summed E-state index contributed by atoms with van der Waals surface area (Å²) in [5.74, 6) is -0.0678. The van der Waals surface area contributed by atoms with Gasteiger partial charge in [-0.05, 0) is 55.7 Å². The van der Waals surface area contributed by atoms with E-state index in [1.807, 2.05) is 35.8 Å². The minimum Gasteiger partial charge on any atom is -0.497 e. The summed E-state index contributed by atoms with van der Waals surface area (Å²) in [6.45, 7) is 2.28. The van der Waals surface area contributed by atoms with E-state index >= 15 is 0 Å². The average molecular weight is 492 g/mol. The zero-order valence-electron chi connectivity index (χ0n) is 21.1. The van der Waals surface area contributed by atoms with E-state index in [0.29, 0.717) is 23.6 Å². The van der Waals surface area contributed by atoms with Crippen molar-refractivity contribution in [3.63, 3.8) is 0 Å². The van der Waals surface area contributed by atoms with Crippen molar-refractivity contribution in [2.45, 2.75) is 76.5 Å². The Bertz CT molecular complexity index is 1280. The molecule has 0 radical (unpaired) electrons. The molecular formula is C29H34FN3O3. The quantitative estimate of drug-likeness (QED) is 0.518. The highest BCUT2D eigenvalue weighted by Gasteiger charge is 2.48. The Morgan fingerprint density at radius 3 is 2.56 bits per heavy atom. The largest absolute Gasteiger partial charge is 0.497 e. The molecule has 1 aromatic heterocycles. The van der Waals surface area contributed by atoms with Crippen molar-refractivity contribution in [1.29, 1.82) is 0 Å². The molecule has 1 aliphatic carbocycles. The third-order valence-electron chi connectivity index (χ3n) is 7.80. The van der Waals surface area contributed by atoms with E-state index in [0.717, 1.165) is 36.6 Å². The van der Waals surface area contributed by atoms with Crippen LogP contribution in [0.4, 0.5) is 4.39 Å². The number of halogens is 1. The van der Waals surface area contributed by atoms with Gasteiger partial charge in [-0.25, -0.2) is 4.39 Å². The van der Waals surface area contributed by atoms with Crippen molar-refractivity contribution in [2.24, 2.45) is 0 Å². The number of rotatable bonds is 5. The van der Waals surface area contributed by atoms with E-state index in [4.69, 9.17) is 4.74 Å². The van der Waals surface area contributed by atoms with Crippen LogP contribution in [-0.4, -0.2) is 40.0 Å². The lowest BCUT2D eigenvalue weighted by Crippen LogP contribution is -2.64. The van der Waals surface area contributed by atoms with Crippen molar-refractivity contribution in [1.82, 2.24) is 14.8 Å². The number of ether oxygens (including phenoxy) is 1. The molecule has 3 aromatic rings. The van der Waals surface area contributed by atoms with Crippen LogP contribution in [0.15, 0.2) is 48.5 Å². The number of nitrogens with zero attached hydrogens (tertiary/aromatic N) is 2. The first-order valence-electron chi connectivity index (χ1n) is 12.9. The third-order valence-corrected chi connectivity index (χ3v) is 7.80. The fourth-order valence-electron chi connectivity index (χ4n) is 5.66. The molecule has 1 fully saturated rings. The predicted octanol–water partition coefficient (Wildman–Crippen LogP) is 5.43. The predicted molar refractivity (Wildman–Crippen MR) is 137 cm³/mol. The summed E-state index contributed by atoms with van der Waals surface area (Å²) in [5, 5.41) is 4.20. The molecule has 7 heteroatoms. The number of carbonyl (C=O) groups excluding carboxylic acids is 2. The molecule has 0 saturated heterocycles. The molecule has 1 saturated carbocycles. The summed E-state index contributed by atoms with van der Waals surface area (Å²) >= 11 is 0. The molecular weight excluding hydrogens is 457 g/mol. The van der Waals surface area contributed by atoms with Crippen LogP contribution in [0.25, 0.3) is 10.9 Å².